The highest BCUT2D eigenvalue weighted by molar-refractivity contribution is 7.99. The molecule has 0 aliphatic heterocycles. The van der Waals surface area contributed by atoms with Crippen LogP contribution in [-0.2, 0) is 11.2 Å². The van der Waals surface area contributed by atoms with Crippen LogP contribution >= 0.6 is 23.4 Å². The van der Waals surface area contributed by atoms with Gasteiger partial charge in [0.2, 0.25) is 0 Å². The van der Waals surface area contributed by atoms with Crippen molar-refractivity contribution in [1.29, 1.82) is 0 Å². The van der Waals surface area contributed by atoms with Crippen LogP contribution in [0.15, 0.2) is 78.9 Å². The minimum absolute atomic E-state index is 0.0350. The number of halogens is 1. The summed E-state index contributed by atoms with van der Waals surface area (Å²) in [7, 11) is 0. The zero-order valence-corrected chi connectivity index (χ0v) is 24.7. The number of aromatic nitrogens is 1. The zero-order valence-electron chi connectivity index (χ0n) is 23.1. The van der Waals surface area contributed by atoms with Crippen LogP contribution in [0.2, 0.25) is 5.02 Å². The molecule has 1 saturated carbocycles. The molecule has 3 nitrogen and oxygen atoms in total. The van der Waals surface area contributed by atoms with Crippen LogP contribution in [0.4, 0.5) is 0 Å². The van der Waals surface area contributed by atoms with Crippen molar-refractivity contribution >= 4 is 52.4 Å². The molecule has 0 saturated heterocycles. The lowest BCUT2D eigenvalue weighted by molar-refractivity contribution is -0.138. The number of fused-ring (bicyclic) bond motifs is 1. The average molecular weight is 570 g/mol. The number of carboxylic acids is 1. The van der Waals surface area contributed by atoms with Gasteiger partial charge in [-0.25, -0.2) is 4.98 Å². The summed E-state index contributed by atoms with van der Waals surface area (Å²) in [6.45, 7) is 4.51. The highest BCUT2D eigenvalue weighted by Crippen LogP contribution is 2.53. The summed E-state index contributed by atoms with van der Waals surface area (Å²) in [5, 5.41) is 11.5. The third-order valence-corrected chi connectivity index (χ3v) is 9.76. The molecule has 0 spiro atoms. The van der Waals surface area contributed by atoms with Crippen LogP contribution in [0.25, 0.3) is 23.1 Å². The minimum atomic E-state index is -0.683. The predicted octanol–water partition coefficient (Wildman–Crippen LogP) is 9.84. The third kappa shape index (κ3) is 7.35. The number of aliphatic carboxylic acids is 1. The highest BCUT2D eigenvalue weighted by Gasteiger charge is 2.44. The Morgan fingerprint density at radius 2 is 1.82 bits per heavy atom. The van der Waals surface area contributed by atoms with Gasteiger partial charge >= 0.3 is 5.97 Å². The van der Waals surface area contributed by atoms with Crippen LogP contribution in [0.1, 0.15) is 78.6 Å². The van der Waals surface area contributed by atoms with Crippen molar-refractivity contribution < 1.29 is 9.90 Å². The van der Waals surface area contributed by atoms with Crippen molar-refractivity contribution in [3.8, 4) is 0 Å². The molecule has 1 aliphatic carbocycles. The van der Waals surface area contributed by atoms with Crippen LogP contribution in [0.3, 0.4) is 0 Å². The standard InChI is InChI=1S/C35H36ClNO2S/c1-24(2)31-9-4-3-7-26(31)13-17-33(40-23-35(18-19-35)22-34(38)39)28-8-5-6-25(20-28)10-15-30-16-12-27-11-14-29(36)21-32(27)37-30/h3-12,14-16,20-21,24,33H,13,17-19,22-23H2,1-2H3,(H,38,39)/b15-10+. The van der Waals surface area contributed by atoms with Crippen molar-refractivity contribution in [3.05, 3.63) is 112 Å². The van der Waals surface area contributed by atoms with Gasteiger partial charge in [0.1, 0.15) is 0 Å². The van der Waals surface area contributed by atoms with E-state index in [1.807, 2.05) is 42.1 Å². The first-order valence-electron chi connectivity index (χ1n) is 14.1. The molecule has 5 heteroatoms. The third-order valence-electron chi connectivity index (χ3n) is 7.83. The van der Waals surface area contributed by atoms with Crippen LogP contribution < -0.4 is 0 Å². The second-order valence-electron chi connectivity index (χ2n) is 11.3. The highest BCUT2D eigenvalue weighted by atomic mass is 35.5. The molecule has 1 aromatic heterocycles. The number of hydrogen-bond donors (Lipinski definition) is 1. The molecular weight excluding hydrogens is 534 g/mol. The number of carboxylic acid groups (broad SMARTS) is 1. The zero-order chi connectivity index (χ0) is 28.1. The van der Waals surface area contributed by atoms with E-state index in [0.717, 1.165) is 53.6 Å². The van der Waals surface area contributed by atoms with Gasteiger partial charge in [-0.15, -0.1) is 0 Å². The van der Waals surface area contributed by atoms with E-state index in [-0.39, 0.29) is 11.8 Å². The summed E-state index contributed by atoms with van der Waals surface area (Å²) in [5.41, 5.74) is 6.98. The van der Waals surface area contributed by atoms with Crippen LogP contribution in [0.5, 0.6) is 0 Å². The first-order valence-corrected chi connectivity index (χ1v) is 15.5. The molecule has 1 atom stereocenters. The van der Waals surface area contributed by atoms with E-state index in [1.54, 1.807) is 0 Å². The van der Waals surface area contributed by atoms with Gasteiger partial charge in [0.05, 0.1) is 17.6 Å². The van der Waals surface area contributed by atoms with Gasteiger partial charge < -0.3 is 5.11 Å². The number of benzene rings is 3. The molecule has 1 fully saturated rings. The Balaban J connectivity index is 1.36. The minimum Gasteiger partial charge on any atom is -0.481 e. The Bertz CT molecular complexity index is 1530. The Hall–Kier alpha value is -3.08. The maximum atomic E-state index is 11.5. The summed E-state index contributed by atoms with van der Waals surface area (Å²) in [4.78, 5) is 16.2. The van der Waals surface area contributed by atoms with E-state index in [1.165, 1.54) is 16.7 Å². The number of carbonyl (C=O) groups is 1. The van der Waals surface area contributed by atoms with Crippen LogP contribution in [-0.4, -0.2) is 21.8 Å². The topological polar surface area (TPSA) is 50.2 Å². The van der Waals surface area contributed by atoms with Gasteiger partial charge in [-0.05, 0) is 83.5 Å². The maximum absolute atomic E-state index is 11.5. The second-order valence-corrected chi connectivity index (χ2v) is 13.0. The largest absolute Gasteiger partial charge is 0.481 e. The fraction of sp³-hybridized carbons (Fsp3) is 0.314. The van der Waals surface area contributed by atoms with Gasteiger partial charge in [0.15, 0.2) is 0 Å². The van der Waals surface area contributed by atoms with Crippen LogP contribution in [0, 0.1) is 5.41 Å². The number of nitrogens with zero attached hydrogens (tertiary/aromatic N) is 1. The van der Waals surface area contributed by atoms with E-state index in [9.17, 15) is 9.90 Å². The normalized spacial score (nSPS) is 15.1. The van der Waals surface area contributed by atoms with E-state index in [2.05, 4.69) is 74.5 Å². The molecule has 5 rings (SSSR count). The van der Waals surface area contributed by atoms with Gasteiger partial charge in [0, 0.05) is 21.4 Å². The van der Waals surface area contributed by atoms with Gasteiger partial charge in [-0.1, -0.05) is 92.2 Å². The summed E-state index contributed by atoms with van der Waals surface area (Å²) >= 11 is 8.11. The molecule has 40 heavy (non-hydrogen) atoms. The van der Waals surface area contributed by atoms with E-state index in [4.69, 9.17) is 16.6 Å². The van der Waals surface area contributed by atoms with Gasteiger partial charge in [0.25, 0.3) is 0 Å². The average Bonchev–Trinajstić information content (AvgIpc) is 3.70. The molecule has 0 bridgehead atoms. The first-order chi connectivity index (χ1) is 19.3. The van der Waals surface area contributed by atoms with Crippen molar-refractivity contribution in [2.24, 2.45) is 5.41 Å². The van der Waals surface area contributed by atoms with Gasteiger partial charge in [-0.3, -0.25) is 4.79 Å². The van der Waals surface area contributed by atoms with Crippen molar-refractivity contribution in [3.63, 3.8) is 0 Å². The molecule has 1 N–H and O–H groups in total. The van der Waals surface area contributed by atoms with E-state index >= 15 is 0 Å². The first kappa shape index (κ1) is 28.4. The summed E-state index contributed by atoms with van der Waals surface area (Å²) in [6, 6.07) is 27.4. The quantitative estimate of drug-likeness (QED) is 0.184. The fourth-order valence-electron chi connectivity index (χ4n) is 5.35. The van der Waals surface area contributed by atoms with E-state index in [0.29, 0.717) is 16.2 Å². The second kappa shape index (κ2) is 12.6. The fourth-order valence-corrected chi connectivity index (χ4v) is 7.08. The molecule has 4 aromatic rings. The maximum Gasteiger partial charge on any atom is 0.303 e. The number of rotatable bonds is 12. The van der Waals surface area contributed by atoms with Crippen molar-refractivity contribution in [2.75, 3.05) is 5.75 Å². The Morgan fingerprint density at radius 1 is 1.02 bits per heavy atom. The molecule has 1 unspecified atom stereocenters. The molecular formula is C35H36ClNO2S. The summed E-state index contributed by atoms with van der Waals surface area (Å²) in [6.07, 6.45) is 8.48. The van der Waals surface area contributed by atoms with Crippen molar-refractivity contribution in [2.45, 2.75) is 57.1 Å². The summed E-state index contributed by atoms with van der Waals surface area (Å²) in [5.74, 6) is 0.692. The monoisotopic (exact) mass is 569 g/mol. The molecule has 3 aromatic carbocycles. The Morgan fingerprint density at radius 3 is 2.60 bits per heavy atom. The molecule has 1 aliphatic rings. The number of hydrogen-bond acceptors (Lipinski definition) is 3. The Labute approximate surface area is 246 Å². The predicted molar refractivity (Wildman–Crippen MR) is 170 cm³/mol. The molecule has 206 valence electrons. The lowest BCUT2D eigenvalue weighted by atomic mass is 9.93. The van der Waals surface area contributed by atoms with Crippen molar-refractivity contribution in [1.82, 2.24) is 4.98 Å². The van der Waals surface area contributed by atoms with Gasteiger partial charge in [-0.2, -0.15) is 11.8 Å². The SMILES string of the molecule is CC(C)c1ccccc1CCC(SCC1(CC(=O)O)CC1)c1cccc(/C=C/c2ccc3ccc(Cl)cc3n2)c1. The molecule has 0 amide bonds. The lowest BCUT2D eigenvalue weighted by Crippen LogP contribution is -2.12. The molecule has 0 radical (unpaired) electrons. The lowest BCUT2D eigenvalue weighted by Gasteiger charge is -2.22. The van der Waals surface area contributed by atoms with E-state index < -0.39 is 5.97 Å². The number of pyridine rings is 1. The molecule has 1 heterocycles. The number of aryl methyl sites for hydroxylation is 1. The summed E-state index contributed by atoms with van der Waals surface area (Å²) < 4.78 is 0. The smallest absolute Gasteiger partial charge is 0.303 e. The number of thioether (sulfide) groups is 1. The Kier molecular flexibility index (Phi) is 8.97.